The quantitative estimate of drug-likeness (QED) is 0.425. The standard InChI is InChI=1S/C12H19NO4/c1-6-7-12(11(16)17-5,13-9(4)14)10(15)8(2)3/h6,8H,1,7H2,2-5H3,(H,13,14). The molecule has 5 nitrogen and oxygen atoms in total. The minimum Gasteiger partial charge on any atom is -0.467 e. The third-order valence-corrected chi connectivity index (χ3v) is 2.32. The zero-order valence-electron chi connectivity index (χ0n) is 10.7. The Hall–Kier alpha value is -1.65. The smallest absolute Gasteiger partial charge is 0.339 e. The number of methoxy groups -OCH3 is 1. The average molecular weight is 241 g/mol. The highest BCUT2D eigenvalue weighted by Gasteiger charge is 2.47. The van der Waals surface area contributed by atoms with Crippen molar-refractivity contribution in [3.63, 3.8) is 0 Å². The molecule has 96 valence electrons. The molecule has 1 unspecified atom stereocenters. The molecule has 0 saturated carbocycles. The van der Waals surface area contributed by atoms with E-state index in [0.29, 0.717) is 0 Å². The molecule has 0 radical (unpaired) electrons. The maximum absolute atomic E-state index is 12.1. The number of carbonyl (C=O) groups is 3. The third kappa shape index (κ3) is 3.41. The molecule has 5 heteroatoms. The van der Waals surface area contributed by atoms with Gasteiger partial charge in [0.15, 0.2) is 5.78 Å². The Morgan fingerprint density at radius 3 is 2.24 bits per heavy atom. The summed E-state index contributed by atoms with van der Waals surface area (Å²) in [5, 5.41) is 2.39. The molecule has 1 atom stereocenters. The van der Waals surface area contributed by atoms with Gasteiger partial charge in [-0.2, -0.15) is 0 Å². The SMILES string of the molecule is C=CCC(NC(C)=O)(C(=O)OC)C(=O)C(C)C. The summed E-state index contributed by atoms with van der Waals surface area (Å²) in [7, 11) is 1.18. The fourth-order valence-corrected chi connectivity index (χ4v) is 1.63. The van der Waals surface area contributed by atoms with Crippen LogP contribution >= 0.6 is 0 Å². The number of hydrogen-bond donors (Lipinski definition) is 1. The predicted molar refractivity (Wildman–Crippen MR) is 63.2 cm³/mol. The summed E-state index contributed by atoms with van der Waals surface area (Å²) in [6.45, 7) is 8.06. The molecule has 17 heavy (non-hydrogen) atoms. The first-order chi connectivity index (χ1) is 7.81. The van der Waals surface area contributed by atoms with Crippen molar-refractivity contribution in [1.29, 1.82) is 0 Å². The second-order valence-electron chi connectivity index (χ2n) is 4.09. The first-order valence-corrected chi connectivity index (χ1v) is 5.34. The number of hydrogen-bond acceptors (Lipinski definition) is 4. The van der Waals surface area contributed by atoms with E-state index in [0.717, 1.165) is 0 Å². The Kier molecular flexibility index (Phi) is 5.58. The first-order valence-electron chi connectivity index (χ1n) is 5.34. The van der Waals surface area contributed by atoms with E-state index in [1.165, 1.54) is 20.1 Å². The van der Waals surface area contributed by atoms with Crippen molar-refractivity contribution in [3.8, 4) is 0 Å². The van der Waals surface area contributed by atoms with E-state index in [2.05, 4.69) is 16.6 Å². The van der Waals surface area contributed by atoms with Gasteiger partial charge in [-0.05, 0) is 0 Å². The first kappa shape index (κ1) is 15.3. The molecule has 0 heterocycles. The van der Waals surface area contributed by atoms with Gasteiger partial charge >= 0.3 is 5.97 Å². The Morgan fingerprint density at radius 2 is 1.94 bits per heavy atom. The van der Waals surface area contributed by atoms with Crippen LogP contribution in [0.25, 0.3) is 0 Å². The number of esters is 1. The van der Waals surface area contributed by atoms with Crippen LogP contribution in [-0.4, -0.2) is 30.3 Å². The van der Waals surface area contributed by atoms with Crippen LogP contribution in [0.3, 0.4) is 0 Å². The average Bonchev–Trinajstić information content (AvgIpc) is 2.25. The van der Waals surface area contributed by atoms with Gasteiger partial charge < -0.3 is 10.1 Å². The minimum absolute atomic E-state index is 0.0102. The van der Waals surface area contributed by atoms with Crippen LogP contribution in [0.5, 0.6) is 0 Å². The Bertz CT molecular complexity index is 335. The molecule has 0 aliphatic rings. The van der Waals surface area contributed by atoms with E-state index >= 15 is 0 Å². The van der Waals surface area contributed by atoms with Gasteiger partial charge in [-0.15, -0.1) is 6.58 Å². The summed E-state index contributed by atoms with van der Waals surface area (Å²) in [5.74, 6) is -2.03. The van der Waals surface area contributed by atoms with Crippen molar-refractivity contribution < 1.29 is 19.1 Å². The van der Waals surface area contributed by atoms with Crippen LogP contribution in [0.4, 0.5) is 0 Å². The number of ketones is 1. The fourth-order valence-electron chi connectivity index (χ4n) is 1.63. The zero-order chi connectivity index (χ0) is 13.6. The van der Waals surface area contributed by atoms with Crippen molar-refractivity contribution in [2.24, 2.45) is 5.92 Å². The van der Waals surface area contributed by atoms with E-state index in [9.17, 15) is 14.4 Å². The lowest BCUT2D eigenvalue weighted by Gasteiger charge is -2.30. The van der Waals surface area contributed by atoms with Gasteiger partial charge in [-0.25, -0.2) is 4.79 Å². The summed E-state index contributed by atoms with van der Waals surface area (Å²) in [6.07, 6.45) is 1.42. The number of ether oxygens (including phenoxy) is 1. The summed E-state index contributed by atoms with van der Waals surface area (Å²) in [5.41, 5.74) is -1.66. The van der Waals surface area contributed by atoms with E-state index in [1.807, 2.05) is 0 Å². The Balaban J connectivity index is 5.53. The van der Waals surface area contributed by atoms with Gasteiger partial charge in [0.1, 0.15) is 0 Å². The highest BCUT2D eigenvalue weighted by molar-refractivity contribution is 6.11. The number of carbonyl (C=O) groups excluding carboxylic acids is 3. The highest BCUT2D eigenvalue weighted by atomic mass is 16.5. The van der Waals surface area contributed by atoms with Crippen LogP contribution in [0.15, 0.2) is 12.7 Å². The van der Waals surface area contributed by atoms with Gasteiger partial charge in [0.25, 0.3) is 0 Å². The topological polar surface area (TPSA) is 72.5 Å². The maximum Gasteiger partial charge on any atom is 0.339 e. The number of nitrogens with one attached hydrogen (secondary N) is 1. The minimum atomic E-state index is -1.66. The van der Waals surface area contributed by atoms with Gasteiger partial charge in [0.05, 0.1) is 7.11 Å². The van der Waals surface area contributed by atoms with Crippen molar-refractivity contribution in [3.05, 3.63) is 12.7 Å². The lowest BCUT2D eigenvalue weighted by atomic mass is 9.84. The summed E-state index contributed by atoms with van der Waals surface area (Å²) < 4.78 is 4.62. The van der Waals surface area contributed by atoms with Crippen molar-refractivity contribution >= 4 is 17.7 Å². The van der Waals surface area contributed by atoms with Crippen molar-refractivity contribution in [1.82, 2.24) is 5.32 Å². The number of Topliss-reactive ketones (excluding diaryl/α,β-unsaturated/α-hetero) is 1. The maximum atomic E-state index is 12.1. The van der Waals surface area contributed by atoms with Gasteiger partial charge in [-0.1, -0.05) is 19.9 Å². The Morgan fingerprint density at radius 1 is 1.41 bits per heavy atom. The third-order valence-electron chi connectivity index (χ3n) is 2.32. The number of rotatable bonds is 6. The second kappa shape index (κ2) is 6.18. The normalized spacial score (nSPS) is 13.7. The lowest BCUT2D eigenvalue weighted by molar-refractivity contribution is -0.156. The number of amides is 1. The van der Waals surface area contributed by atoms with Gasteiger partial charge in [0, 0.05) is 19.3 Å². The molecule has 0 spiro atoms. The molecular weight excluding hydrogens is 222 g/mol. The molecule has 1 N–H and O–H groups in total. The van der Waals surface area contributed by atoms with Crippen molar-refractivity contribution in [2.45, 2.75) is 32.7 Å². The molecule has 1 amide bonds. The van der Waals surface area contributed by atoms with Crippen LogP contribution in [0.2, 0.25) is 0 Å². The molecule has 0 fully saturated rings. The van der Waals surface area contributed by atoms with E-state index in [4.69, 9.17) is 0 Å². The van der Waals surface area contributed by atoms with Crippen LogP contribution in [0.1, 0.15) is 27.2 Å². The van der Waals surface area contributed by atoms with Gasteiger partial charge in [-0.3, -0.25) is 9.59 Å². The van der Waals surface area contributed by atoms with Crippen molar-refractivity contribution in [2.75, 3.05) is 7.11 Å². The monoisotopic (exact) mass is 241 g/mol. The fraction of sp³-hybridized carbons (Fsp3) is 0.583. The van der Waals surface area contributed by atoms with E-state index in [1.54, 1.807) is 13.8 Å². The summed E-state index contributed by atoms with van der Waals surface area (Å²) in [4.78, 5) is 35.1. The lowest BCUT2D eigenvalue weighted by Crippen LogP contribution is -2.61. The summed E-state index contributed by atoms with van der Waals surface area (Å²) in [6, 6.07) is 0. The zero-order valence-corrected chi connectivity index (χ0v) is 10.7. The van der Waals surface area contributed by atoms with Crippen LogP contribution < -0.4 is 5.32 Å². The molecule has 0 bridgehead atoms. The largest absolute Gasteiger partial charge is 0.467 e. The Labute approximate surface area is 101 Å². The predicted octanol–water partition coefficient (Wildman–Crippen LogP) is 0.835. The van der Waals surface area contributed by atoms with E-state index < -0.39 is 23.3 Å². The molecule has 0 aliphatic heterocycles. The van der Waals surface area contributed by atoms with E-state index in [-0.39, 0.29) is 12.2 Å². The summed E-state index contributed by atoms with van der Waals surface area (Å²) >= 11 is 0. The van der Waals surface area contributed by atoms with Crippen LogP contribution in [-0.2, 0) is 19.1 Å². The molecule has 0 aliphatic carbocycles. The molecule has 0 aromatic carbocycles. The molecule has 0 aromatic heterocycles. The molecule has 0 rings (SSSR count). The highest BCUT2D eigenvalue weighted by Crippen LogP contribution is 2.20. The molecular formula is C12H19NO4. The molecule has 0 aromatic rings. The second-order valence-corrected chi connectivity index (χ2v) is 4.09. The van der Waals surface area contributed by atoms with Crippen LogP contribution in [0, 0.1) is 5.92 Å². The molecule has 0 saturated heterocycles. The van der Waals surface area contributed by atoms with Gasteiger partial charge in [0.2, 0.25) is 11.4 Å².